The van der Waals surface area contributed by atoms with Gasteiger partial charge in [-0.2, -0.15) is 8.78 Å². The van der Waals surface area contributed by atoms with Crippen molar-refractivity contribution >= 4 is 28.4 Å². The van der Waals surface area contributed by atoms with Crippen molar-refractivity contribution in [2.75, 3.05) is 19.0 Å². The molecule has 0 atom stereocenters. The number of aromatic nitrogens is 1. The molecular formula is C20H17F2N3O5. The molecule has 156 valence electrons. The molecule has 3 N–H and O–H groups in total. The minimum absolute atomic E-state index is 0.0668. The lowest BCUT2D eigenvalue weighted by atomic mass is 10.1. The van der Waals surface area contributed by atoms with Crippen molar-refractivity contribution in [2.45, 2.75) is 6.61 Å². The van der Waals surface area contributed by atoms with E-state index in [2.05, 4.69) is 20.4 Å². The van der Waals surface area contributed by atoms with Gasteiger partial charge in [-0.3, -0.25) is 14.4 Å². The Labute approximate surface area is 168 Å². The van der Waals surface area contributed by atoms with Crippen LogP contribution in [0.15, 0.2) is 53.5 Å². The summed E-state index contributed by atoms with van der Waals surface area (Å²) in [7, 11) is 1.29. The van der Waals surface area contributed by atoms with Crippen molar-refractivity contribution in [3.05, 3.63) is 64.4 Å². The number of carbonyl (C=O) groups excluding carboxylic acids is 2. The normalized spacial score (nSPS) is 10.7. The van der Waals surface area contributed by atoms with Crippen LogP contribution in [0.1, 0.15) is 10.4 Å². The zero-order chi connectivity index (χ0) is 21.7. The molecule has 0 unspecified atom stereocenters. The lowest BCUT2D eigenvalue weighted by Gasteiger charge is -2.12. The lowest BCUT2D eigenvalue weighted by Crippen LogP contribution is -2.35. The van der Waals surface area contributed by atoms with Gasteiger partial charge in [-0.05, 0) is 24.3 Å². The number of rotatable bonds is 7. The third-order valence-electron chi connectivity index (χ3n) is 4.11. The second-order valence-electron chi connectivity index (χ2n) is 6.05. The highest BCUT2D eigenvalue weighted by molar-refractivity contribution is 6.00. The molecule has 2 amide bonds. The Morgan fingerprint density at radius 3 is 2.63 bits per heavy atom. The minimum Gasteiger partial charge on any atom is -0.493 e. The van der Waals surface area contributed by atoms with Crippen molar-refractivity contribution in [3.63, 3.8) is 0 Å². The highest BCUT2D eigenvalue weighted by Gasteiger charge is 2.15. The molecule has 0 aliphatic carbocycles. The molecule has 0 saturated heterocycles. The summed E-state index contributed by atoms with van der Waals surface area (Å²) in [5.41, 5.74) is 0.136. The minimum atomic E-state index is -3.07. The maximum atomic E-state index is 12.5. The summed E-state index contributed by atoms with van der Waals surface area (Å²) in [5, 5.41) is 5.13. The average molecular weight is 417 g/mol. The fraction of sp³-hybridized carbons (Fsp3) is 0.150. The first-order valence-electron chi connectivity index (χ1n) is 8.70. The number of hydrogen-bond donors (Lipinski definition) is 3. The third kappa shape index (κ3) is 4.72. The first kappa shape index (κ1) is 20.8. The number of halogens is 2. The molecule has 3 rings (SSSR count). The van der Waals surface area contributed by atoms with Crippen molar-refractivity contribution in [1.29, 1.82) is 0 Å². The molecule has 0 aliphatic rings. The number of alkyl halides is 2. The number of carbonyl (C=O) groups is 2. The molecule has 30 heavy (non-hydrogen) atoms. The van der Waals surface area contributed by atoms with Crippen LogP contribution in [0.2, 0.25) is 0 Å². The maximum absolute atomic E-state index is 12.5. The van der Waals surface area contributed by atoms with Gasteiger partial charge in [0.25, 0.3) is 5.91 Å². The van der Waals surface area contributed by atoms with Gasteiger partial charge in [0.15, 0.2) is 11.5 Å². The molecule has 1 aromatic heterocycles. The van der Waals surface area contributed by atoms with Crippen LogP contribution in [0, 0.1) is 0 Å². The molecule has 0 spiro atoms. The summed E-state index contributed by atoms with van der Waals surface area (Å²) in [4.78, 5) is 39.7. The molecule has 0 fully saturated rings. The topological polar surface area (TPSA) is 110 Å². The first-order chi connectivity index (χ1) is 14.4. The van der Waals surface area contributed by atoms with Gasteiger partial charge >= 0.3 is 6.61 Å². The van der Waals surface area contributed by atoms with E-state index in [9.17, 15) is 23.2 Å². The quantitative estimate of drug-likeness (QED) is 0.547. The number of ether oxygens (including phenoxy) is 2. The molecule has 0 saturated carbocycles. The van der Waals surface area contributed by atoms with Crippen LogP contribution in [-0.2, 0) is 4.79 Å². The smallest absolute Gasteiger partial charge is 0.387 e. The maximum Gasteiger partial charge on any atom is 0.387 e. The number of aromatic amines is 1. The molecule has 1 heterocycles. The molecule has 0 bridgehead atoms. The fourth-order valence-electron chi connectivity index (χ4n) is 2.74. The fourth-order valence-corrected chi connectivity index (χ4v) is 2.74. The largest absolute Gasteiger partial charge is 0.493 e. The van der Waals surface area contributed by atoms with E-state index in [0.29, 0.717) is 10.9 Å². The third-order valence-corrected chi connectivity index (χ3v) is 4.11. The highest BCUT2D eigenvalue weighted by Crippen LogP contribution is 2.31. The van der Waals surface area contributed by atoms with Gasteiger partial charge in [0.05, 0.1) is 13.7 Å². The van der Waals surface area contributed by atoms with Crippen LogP contribution in [0.5, 0.6) is 11.5 Å². The van der Waals surface area contributed by atoms with E-state index in [4.69, 9.17) is 4.74 Å². The monoisotopic (exact) mass is 417 g/mol. The van der Waals surface area contributed by atoms with Crippen molar-refractivity contribution in [2.24, 2.45) is 0 Å². The Morgan fingerprint density at radius 2 is 1.90 bits per heavy atom. The van der Waals surface area contributed by atoms with Crippen LogP contribution in [0.3, 0.4) is 0 Å². The van der Waals surface area contributed by atoms with Crippen molar-refractivity contribution in [3.8, 4) is 11.5 Å². The Balaban J connectivity index is 1.65. The predicted molar refractivity (Wildman–Crippen MR) is 105 cm³/mol. The summed E-state index contributed by atoms with van der Waals surface area (Å²) in [6, 6.07) is 10.6. The van der Waals surface area contributed by atoms with Gasteiger partial charge in [-0.25, -0.2) is 0 Å². The summed E-state index contributed by atoms with van der Waals surface area (Å²) >= 11 is 0. The number of nitrogens with one attached hydrogen (secondary N) is 3. The molecule has 0 radical (unpaired) electrons. The summed E-state index contributed by atoms with van der Waals surface area (Å²) in [6.07, 6.45) is 1.27. The van der Waals surface area contributed by atoms with Gasteiger partial charge in [-0.15, -0.1) is 0 Å². The Bertz CT molecular complexity index is 1150. The van der Waals surface area contributed by atoms with E-state index in [1.165, 1.54) is 31.5 Å². The number of H-pyrrole nitrogens is 1. The van der Waals surface area contributed by atoms with Gasteiger partial charge in [0, 0.05) is 28.9 Å². The van der Waals surface area contributed by atoms with E-state index in [1.54, 1.807) is 24.3 Å². The molecular weight excluding hydrogens is 400 g/mol. The number of anilines is 1. The van der Waals surface area contributed by atoms with E-state index >= 15 is 0 Å². The van der Waals surface area contributed by atoms with Crippen LogP contribution in [-0.4, -0.2) is 37.1 Å². The number of para-hydroxylation sites is 1. The summed E-state index contributed by atoms with van der Waals surface area (Å²) in [6.45, 7) is -3.51. The van der Waals surface area contributed by atoms with Crippen LogP contribution < -0.4 is 25.5 Å². The zero-order valence-corrected chi connectivity index (χ0v) is 15.7. The summed E-state index contributed by atoms with van der Waals surface area (Å²) < 4.78 is 34.2. The highest BCUT2D eigenvalue weighted by atomic mass is 19.3. The number of pyridine rings is 1. The number of amides is 2. The van der Waals surface area contributed by atoms with Gasteiger partial charge in [0.2, 0.25) is 11.3 Å². The number of benzene rings is 2. The molecule has 10 heteroatoms. The Morgan fingerprint density at radius 1 is 1.13 bits per heavy atom. The predicted octanol–water partition coefficient (Wildman–Crippen LogP) is 2.51. The second kappa shape index (κ2) is 9.03. The Hall–Kier alpha value is -3.95. The molecule has 0 aliphatic heterocycles. The van der Waals surface area contributed by atoms with E-state index in [-0.39, 0.29) is 22.7 Å². The van der Waals surface area contributed by atoms with Crippen LogP contribution >= 0.6 is 0 Å². The van der Waals surface area contributed by atoms with Crippen molar-refractivity contribution < 1.29 is 27.8 Å². The van der Waals surface area contributed by atoms with E-state index < -0.39 is 30.4 Å². The molecule has 3 aromatic rings. The number of methoxy groups -OCH3 is 1. The molecule has 8 nitrogen and oxygen atoms in total. The summed E-state index contributed by atoms with van der Waals surface area (Å²) in [5.74, 6) is -1.54. The second-order valence-corrected chi connectivity index (χ2v) is 6.05. The molecule has 2 aromatic carbocycles. The van der Waals surface area contributed by atoms with Gasteiger partial charge in [0.1, 0.15) is 5.56 Å². The zero-order valence-electron chi connectivity index (χ0n) is 15.7. The lowest BCUT2D eigenvalue weighted by molar-refractivity contribution is -0.115. The van der Waals surface area contributed by atoms with Gasteiger partial charge in [-0.1, -0.05) is 12.1 Å². The average Bonchev–Trinajstić information content (AvgIpc) is 2.72. The van der Waals surface area contributed by atoms with E-state index in [0.717, 1.165) is 0 Å². The van der Waals surface area contributed by atoms with Crippen molar-refractivity contribution in [1.82, 2.24) is 10.3 Å². The van der Waals surface area contributed by atoms with Gasteiger partial charge < -0.3 is 25.1 Å². The van der Waals surface area contributed by atoms with E-state index in [1.807, 2.05) is 0 Å². The Kier molecular flexibility index (Phi) is 6.26. The standard InChI is InChI=1S/C20H17F2N3O5/c1-29-15-7-6-11(8-16(15)30-20(21)22)25-17(26)10-24-19(28)13-9-23-14-5-3-2-4-12(14)18(13)27/h2-9,20H,10H2,1H3,(H,23,27)(H,24,28)(H,25,26). The number of fused-ring (bicyclic) bond motifs is 1. The van der Waals surface area contributed by atoms with Crippen LogP contribution in [0.25, 0.3) is 10.9 Å². The van der Waals surface area contributed by atoms with Crippen LogP contribution in [0.4, 0.5) is 14.5 Å². The number of hydrogen-bond acceptors (Lipinski definition) is 5. The SMILES string of the molecule is COc1ccc(NC(=O)CNC(=O)c2c[nH]c3ccccc3c2=O)cc1OC(F)F. The first-order valence-corrected chi connectivity index (χ1v) is 8.70.